The molecule has 2 fully saturated rings. The molecule has 3 heterocycles. The molecule has 3 aromatic rings. The predicted octanol–water partition coefficient (Wildman–Crippen LogP) is 3.98. The lowest BCUT2D eigenvalue weighted by molar-refractivity contribution is -0.152. The Morgan fingerprint density at radius 3 is 2.25 bits per heavy atom. The SMILES string of the molecule is C[C@@H]1CN(C(=O)[C@H]2CN(c3ncccn3)C[C@@H]2c2ccc(F)cc2F)C[C@H](C)C1(O)c1ccccc1. The first-order valence-corrected chi connectivity index (χ1v) is 12.3. The highest BCUT2D eigenvalue weighted by Crippen LogP contribution is 2.43. The topological polar surface area (TPSA) is 69.6 Å². The summed E-state index contributed by atoms with van der Waals surface area (Å²) in [6, 6.07) is 14.8. The average Bonchev–Trinajstić information content (AvgIpc) is 3.32. The first-order chi connectivity index (χ1) is 17.3. The summed E-state index contributed by atoms with van der Waals surface area (Å²) in [5, 5.41) is 11.7. The number of aliphatic hydroxyl groups is 1. The third-order valence-electron chi connectivity index (χ3n) is 7.87. The molecule has 6 nitrogen and oxygen atoms in total. The van der Waals surface area contributed by atoms with Gasteiger partial charge >= 0.3 is 0 Å². The van der Waals surface area contributed by atoms with Crippen molar-refractivity contribution in [3.05, 3.63) is 89.8 Å². The van der Waals surface area contributed by atoms with Gasteiger partial charge < -0.3 is 14.9 Å². The minimum Gasteiger partial charge on any atom is -0.384 e. The van der Waals surface area contributed by atoms with Gasteiger partial charge in [0.25, 0.3) is 0 Å². The molecule has 2 aliphatic heterocycles. The monoisotopic (exact) mass is 492 g/mol. The van der Waals surface area contributed by atoms with Gasteiger partial charge in [-0.3, -0.25) is 4.79 Å². The molecule has 188 valence electrons. The van der Waals surface area contributed by atoms with Gasteiger partial charge in [0.2, 0.25) is 11.9 Å². The van der Waals surface area contributed by atoms with Crippen molar-refractivity contribution in [2.45, 2.75) is 25.4 Å². The van der Waals surface area contributed by atoms with Crippen molar-refractivity contribution in [2.75, 3.05) is 31.1 Å². The summed E-state index contributed by atoms with van der Waals surface area (Å²) in [7, 11) is 0. The first kappa shape index (κ1) is 24.3. The molecular formula is C28H30F2N4O2. The van der Waals surface area contributed by atoms with E-state index in [1.807, 2.05) is 49.1 Å². The molecule has 2 aliphatic rings. The van der Waals surface area contributed by atoms with Crippen LogP contribution in [0.15, 0.2) is 67.0 Å². The van der Waals surface area contributed by atoms with E-state index in [0.717, 1.165) is 11.6 Å². The number of benzene rings is 2. The van der Waals surface area contributed by atoms with Crippen LogP contribution in [-0.2, 0) is 10.4 Å². The van der Waals surface area contributed by atoms with Crippen LogP contribution in [0.25, 0.3) is 0 Å². The summed E-state index contributed by atoms with van der Waals surface area (Å²) < 4.78 is 28.5. The maximum absolute atomic E-state index is 14.9. The Morgan fingerprint density at radius 2 is 1.61 bits per heavy atom. The summed E-state index contributed by atoms with van der Waals surface area (Å²) in [6.07, 6.45) is 3.26. The molecule has 5 atom stereocenters. The first-order valence-electron chi connectivity index (χ1n) is 12.3. The number of piperidine rings is 1. The Hall–Kier alpha value is -3.39. The van der Waals surface area contributed by atoms with E-state index in [9.17, 15) is 18.7 Å². The van der Waals surface area contributed by atoms with Crippen molar-refractivity contribution < 1.29 is 18.7 Å². The van der Waals surface area contributed by atoms with Gasteiger partial charge in [-0.15, -0.1) is 0 Å². The van der Waals surface area contributed by atoms with Crippen LogP contribution in [0.3, 0.4) is 0 Å². The molecule has 1 amide bonds. The van der Waals surface area contributed by atoms with Crippen molar-refractivity contribution in [2.24, 2.45) is 17.8 Å². The molecule has 8 heteroatoms. The quantitative estimate of drug-likeness (QED) is 0.597. The number of carbonyl (C=O) groups is 1. The van der Waals surface area contributed by atoms with Gasteiger partial charge in [-0.25, -0.2) is 18.7 Å². The minimum absolute atomic E-state index is 0.101. The zero-order valence-electron chi connectivity index (χ0n) is 20.4. The zero-order chi connectivity index (χ0) is 25.4. The second kappa shape index (κ2) is 9.58. The van der Waals surface area contributed by atoms with Gasteiger partial charge in [-0.2, -0.15) is 0 Å². The smallest absolute Gasteiger partial charge is 0.228 e. The molecular weight excluding hydrogens is 462 g/mol. The Morgan fingerprint density at radius 1 is 0.944 bits per heavy atom. The lowest BCUT2D eigenvalue weighted by atomic mass is 9.70. The standard InChI is InChI=1S/C28H30F2N4O2/c1-18-14-33(15-19(2)28(18,36)20-7-4-3-5-8-20)26(35)24-17-34(27-31-11-6-12-32-27)16-23(24)22-10-9-21(29)13-25(22)30/h3-13,18-19,23-24,36H,14-17H2,1-2H3/t18-,19+,23-,24+,28?/m1/s1. The number of likely N-dealkylation sites (tertiary alicyclic amines) is 1. The van der Waals surface area contributed by atoms with E-state index >= 15 is 0 Å². The second-order valence-corrected chi connectivity index (χ2v) is 10.1. The number of aromatic nitrogens is 2. The lowest BCUT2D eigenvalue weighted by Gasteiger charge is -2.48. The molecule has 1 unspecified atom stereocenters. The van der Waals surface area contributed by atoms with Gasteiger partial charge in [0, 0.05) is 62.4 Å². The number of amides is 1. The Balaban J connectivity index is 1.43. The molecule has 2 aromatic carbocycles. The maximum Gasteiger partial charge on any atom is 0.228 e. The molecule has 1 aromatic heterocycles. The van der Waals surface area contributed by atoms with E-state index in [0.29, 0.717) is 37.7 Å². The van der Waals surface area contributed by atoms with Gasteiger partial charge in [-0.05, 0) is 23.3 Å². The van der Waals surface area contributed by atoms with E-state index in [-0.39, 0.29) is 17.7 Å². The Labute approximate surface area is 209 Å². The summed E-state index contributed by atoms with van der Waals surface area (Å²) in [6.45, 7) is 5.34. The van der Waals surface area contributed by atoms with Crippen molar-refractivity contribution in [3.63, 3.8) is 0 Å². The summed E-state index contributed by atoms with van der Waals surface area (Å²) in [5.74, 6) is -2.40. The normalized spacial score (nSPS) is 28.4. The summed E-state index contributed by atoms with van der Waals surface area (Å²) in [5.41, 5.74) is 0.101. The number of carbonyl (C=O) groups excluding carboxylic acids is 1. The fourth-order valence-electron chi connectivity index (χ4n) is 5.98. The van der Waals surface area contributed by atoms with Crippen molar-refractivity contribution in [1.29, 1.82) is 0 Å². The average molecular weight is 493 g/mol. The molecule has 0 aliphatic carbocycles. The molecule has 0 spiro atoms. The van der Waals surface area contributed by atoms with Crippen LogP contribution < -0.4 is 4.90 Å². The van der Waals surface area contributed by atoms with E-state index < -0.39 is 29.1 Å². The van der Waals surface area contributed by atoms with Crippen LogP contribution in [0, 0.1) is 29.4 Å². The molecule has 5 rings (SSSR count). The number of hydrogen-bond donors (Lipinski definition) is 1. The number of halogens is 2. The number of rotatable bonds is 4. The highest BCUT2D eigenvalue weighted by molar-refractivity contribution is 5.82. The molecule has 0 radical (unpaired) electrons. The van der Waals surface area contributed by atoms with Crippen molar-refractivity contribution >= 4 is 11.9 Å². The van der Waals surface area contributed by atoms with Crippen LogP contribution in [-0.4, -0.2) is 52.1 Å². The molecule has 36 heavy (non-hydrogen) atoms. The lowest BCUT2D eigenvalue weighted by Crippen LogP contribution is -2.57. The third-order valence-corrected chi connectivity index (χ3v) is 7.87. The van der Waals surface area contributed by atoms with Crippen molar-refractivity contribution in [1.82, 2.24) is 14.9 Å². The molecule has 1 N–H and O–H groups in total. The maximum atomic E-state index is 14.9. The Bertz CT molecular complexity index is 1210. The molecule has 0 saturated carbocycles. The van der Waals surface area contributed by atoms with E-state index in [1.165, 1.54) is 12.1 Å². The van der Waals surface area contributed by atoms with Crippen molar-refractivity contribution in [3.8, 4) is 0 Å². The summed E-state index contributed by atoms with van der Waals surface area (Å²) >= 11 is 0. The highest BCUT2D eigenvalue weighted by Gasteiger charge is 2.49. The Kier molecular flexibility index (Phi) is 6.47. The minimum atomic E-state index is -1.06. The van der Waals surface area contributed by atoms with Crippen LogP contribution in [0.2, 0.25) is 0 Å². The number of anilines is 1. The largest absolute Gasteiger partial charge is 0.384 e. The fraction of sp³-hybridized carbons (Fsp3) is 0.393. The fourth-order valence-corrected chi connectivity index (χ4v) is 5.98. The molecule has 0 bridgehead atoms. The highest BCUT2D eigenvalue weighted by atomic mass is 19.1. The number of hydrogen-bond acceptors (Lipinski definition) is 5. The van der Waals surface area contributed by atoms with E-state index in [2.05, 4.69) is 9.97 Å². The third kappa shape index (κ3) is 4.23. The zero-order valence-corrected chi connectivity index (χ0v) is 20.4. The molecule has 2 saturated heterocycles. The van der Waals surface area contributed by atoms with Crippen LogP contribution in [0.4, 0.5) is 14.7 Å². The van der Waals surface area contributed by atoms with Gasteiger partial charge in [0.15, 0.2) is 0 Å². The van der Waals surface area contributed by atoms with Gasteiger partial charge in [-0.1, -0.05) is 50.2 Å². The van der Waals surface area contributed by atoms with Crippen LogP contribution >= 0.6 is 0 Å². The second-order valence-electron chi connectivity index (χ2n) is 10.1. The van der Waals surface area contributed by atoms with Crippen LogP contribution in [0.5, 0.6) is 0 Å². The van der Waals surface area contributed by atoms with Gasteiger partial charge in [0.05, 0.1) is 11.5 Å². The van der Waals surface area contributed by atoms with Gasteiger partial charge in [0.1, 0.15) is 11.6 Å². The summed E-state index contributed by atoms with van der Waals surface area (Å²) in [4.78, 5) is 26.3. The number of nitrogens with zero attached hydrogens (tertiary/aromatic N) is 4. The van der Waals surface area contributed by atoms with E-state index in [4.69, 9.17) is 0 Å². The van der Waals surface area contributed by atoms with Crippen LogP contribution in [0.1, 0.15) is 30.9 Å². The van der Waals surface area contributed by atoms with E-state index in [1.54, 1.807) is 23.4 Å². The predicted molar refractivity (Wildman–Crippen MR) is 132 cm³/mol.